The van der Waals surface area contributed by atoms with Crippen LogP contribution < -0.4 is 10.6 Å². The van der Waals surface area contributed by atoms with Crippen molar-refractivity contribution in [3.05, 3.63) is 23.7 Å². The van der Waals surface area contributed by atoms with Crippen LogP contribution in [-0.4, -0.2) is 24.6 Å². The van der Waals surface area contributed by atoms with Gasteiger partial charge in [-0.15, -0.1) is 11.3 Å². The van der Waals surface area contributed by atoms with Crippen molar-refractivity contribution >= 4 is 27.2 Å². The molecule has 2 aromatic heterocycles. The van der Waals surface area contributed by atoms with Crippen LogP contribution in [0.2, 0.25) is 0 Å². The first-order valence-corrected chi connectivity index (χ1v) is 6.94. The monoisotopic (exact) mass is 247 g/mol. The normalized spacial score (nSPS) is 17.3. The summed E-state index contributed by atoms with van der Waals surface area (Å²) >= 11 is 1.76. The molecule has 2 heterocycles. The molecule has 4 heteroatoms. The van der Waals surface area contributed by atoms with Crippen molar-refractivity contribution in [3.8, 4) is 0 Å². The van der Waals surface area contributed by atoms with Crippen molar-refractivity contribution in [2.45, 2.75) is 18.9 Å². The number of hydrogen-bond acceptors (Lipinski definition) is 4. The van der Waals surface area contributed by atoms with E-state index in [1.165, 1.54) is 22.9 Å². The first-order valence-electron chi connectivity index (χ1n) is 6.06. The maximum absolute atomic E-state index is 5.90. The van der Waals surface area contributed by atoms with Gasteiger partial charge in [-0.2, -0.15) is 0 Å². The third kappa shape index (κ3) is 1.91. The summed E-state index contributed by atoms with van der Waals surface area (Å²) in [5, 5.41) is 3.37. The van der Waals surface area contributed by atoms with Gasteiger partial charge in [0.2, 0.25) is 0 Å². The summed E-state index contributed by atoms with van der Waals surface area (Å²) in [6, 6.07) is 4.67. The maximum atomic E-state index is 5.90. The zero-order valence-corrected chi connectivity index (χ0v) is 10.8. The lowest BCUT2D eigenvalue weighted by molar-refractivity contribution is 0.568. The Balaban J connectivity index is 1.98. The number of hydrogen-bond donors (Lipinski definition) is 1. The summed E-state index contributed by atoms with van der Waals surface area (Å²) in [5.41, 5.74) is 5.90. The van der Waals surface area contributed by atoms with Gasteiger partial charge in [0.1, 0.15) is 5.82 Å². The molecule has 1 aliphatic carbocycles. The fraction of sp³-hybridized carbons (Fsp3) is 0.462. The van der Waals surface area contributed by atoms with Gasteiger partial charge < -0.3 is 10.6 Å². The summed E-state index contributed by atoms with van der Waals surface area (Å²) in [6.45, 7) is 0.712. The Hall–Kier alpha value is -1.13. The zero-order valence-electron chi connectivity index (χ0n) is 9.97. The summed E-state index contributed by atoms with van der Waals surface area (Å²) in [6.07, 6.45) is 4.52. The summed E-state index contributed by atoms with van der Waals surface area (Å²) in [7, 11) is 2.12. The van der Waals surface area contributed by atoms with Crippen LogP contribution in [0.25, 0.3) is 10.1 Å². The minimum Gasteiger partial charge on any atom is -0.355 e. The highest BCUT2D eigenvalue weighted by Crippen LogP contribution is 2.37. The van der Waals surface area contributed by atoms with E-state index in [4.69, 9.17) is 5.73 Å². The Morgan fingerprint density at radius 2 is 2.35 bits per heavy atom. The minimum absolute atomic E-state index is 0.438. The Bertz CT molecular complexity index is 518. The van der Waals surface area contributed by atoms with Crippen LogP contribution in [0.3, 0.4) is 0 Å². The van der Waals surface area contributed by atoms with Crippen LogP contribution >= 0.6 is 11.3 Å². The van der Waals surface area contributed by atoms with Crippen molar-refractivity contribution in [3.63, 3.8) is 0 Å². The van der Waals surface area contributed by atoms with Crippen LogP contribution in [0.5, 0.6) is 0 Å². The summed E-state index contributed by atoms with van der Waals surface area (Å²) in [5.74, 6) is 1.84. The number of likely N-dealkylation sites (N-methyl/N-ethyl adjacent to an activating group) is 1. The Kier molecular flexibility index (Phi) is 2.76. The lowest BCUT2D eigenvalue weighted by Gasteiger charge is -2.28. The van der Waals surface area contributed by atoms with E-state index >= 15 is 0 Å². The number of nitrogens with two attached hydrogens (primary N) is 1. The Labute approximate surface area is 105 Å². The average molecular weight is 247 g/mol. The van der Waals surface area contributed by atoms with Gasteiger partial charge in [0.05, 0.1) is 0 Å². The molecule has 0 bridgehead atoms. The molecule has 0 saturated heterocycles. The predicted octanol–water partition coefficient (Wildman–Crippen LogP) is 2.47. The Morgan fingerprint density at radius 3 is 3.06 bits per heavy atom. The second-order valence-corrected chi connectivity index (χ2v) is 5.67. The molecule has 0 aliphatic heterocycles. The molecule has 1 saturated carbocycles. The number of anilines is 1. The van der Waals surface area contributed by atoms with Crippen LogP contribution in [0.4, 0.5) is 5.82 Å². The average Bonchev–Trinajstić information content (AvgIpc) is 3.06. The van der Waals surface area contributed by atoms with E-state index in [0.29, 0.717) is 12.6 Å². The van der Waals surface area contributed by atoms with Crippen LogP contribution in [-0.2, 0) is 0 Å². The fourth-order valence-electron chi connectivity index (χ4n) is 2.47. The Morgan fingerprint density at radius 1 is 1.53 bits per heavy atom. The molecule has 0 amide bonds. The molecule has 0 aromatic carbocycles. The molecular weight excluding hydrogens is 230 g/mol. The predicted molar refractivity (Wildman–Crippen MR) is 73.6 cm³/mol. The highest BCUT2D eigenvalue weighted by Gasteiger charge is 2.33. The van der Waals surface area contributed by atoms with E-state index in [9.17, 15) is 0 Å². The van der Waals surface area contributed by atoms with E-state index in [0.717, 1.165) is 11.7 Å². The highest BCUT2D eigenvalue weighted by atomic mass is 32.1. The van der Waals surface area contributed by atoms with Crippen molar-refractivity contribution < 1.29 is 0 Å². The lowest BCUT2D eigenvalue weighted by atomic mass is 10.1. The molecule has 1 atom stereocenters. The van der Waals surface area contributed by atoms with Gasteiger partial charge in [-0.3, -0.25) is 0 Å². The van der Waals surface area contributed by atoms with Gasteiger partial charge in [0.15, 0.2) is 0 Å². The van der Waals surface area contributed by atoms with Gasteiger partial charge in [-0.25, -0.2) is 4.98 Å². The molecule has 0 radical (unpaired) electrons. The van der Waals surface area contributed by atoms with E-state index < -0.39 is 0 Å². The van der Waals surface area contributed by atoms with E-state index in [1.54, 1.807) is 11.3 Å². The highest BCUT2D eigenvalue weighted by molar-refractivity contribution is 7.17. The summed E-state index contributed by atoms with van der Waals surface area (Å²) in [4.78, 5) is 6.81. The third-order valence-electron chi connectivity index (χ3n) is 3.60. The number of thiophene rings is 1. The third-order valence-corrected chi connectivity index (χ3v) is 4.48. The molecule has 0 spiro atoms. The molecular formula is C13H17N3S. The van der Waals surface area contributed by atoms with Gasteiger partial charge in [-0.05, 0) is 36.3 Å². The molecule has 90 valence electrons. The molecule has 2 N–H and O–H groups in total. The minimum atomic E-state index is 0.438. The van der Waals surface area contributed by atoms with Crippen molar-refractivity contribution in [1.29, 1.82) is 0 Å². The van der Waals surface area contributed by atoms with Crippen molar-refractivity contribution in [1.82, 2.24) is 4.98 Å². The maximum Gasteiger partial charge on any atom is 0.137 e. The number of rotatable bonds is 4. The first-order chi connectivity index (χ1) is 8.31. The van der Waals surface area contributed by atoms with Crippen LogP contribution in [0.15, 0.2) is 23.7 Å². The quantitative estimate of drug-likeness (QED) is 0.902. The van der Waals surface area contributed by atoms with E-state index in [2.05, 4.69) is 34.4 Å². The molecule has 1 unspecified atom stereocenters. The second-order valence-electron chi connectivity index (χ2n) is 4.72. The smallest absolute Gasteiger partial charge is 0.137 e. The van der Waals surface area contributed by atoms with Crippen LogP contribution in [0.1, 0.15) is 12.8 Å². The van der Waals surface area contributed by atoms with Crippen molar-refractivity contribution in [2.75, 3.05) is 18.5 Å². The molecule has 1 fully saturated rings. The second kappa shape index (κ2) is 4.27. The van der Waals surface area contributed by atoms with Gasteiger partial charge in [-0.1, -0.05) is 0 Å². The van der Waals surface area contributed by atoms with Gasteiger partial charge in [0.25, 0.3) is 0 Å². The number of nitrogens with zero attached hydrogens (tertiary/aromatic N) is 2. The SMILES string of the molecule is CN(c1nccc2sccc12)C(CN)C1CC1. The standard InChI is InChI=1S/C13H17N3S/c1-16(11(8-14)9-2-3-9)13-10-5-7-17-12(10)4-6-15-13/h4-7,9,11H,2-3,8,14H2,1H3. The lowest BCUT2D eigenvalue weighted by Crippen LogP contribution is -2.40. The van der Waals surface area contributed by atoms with Crippen molar-refractivity contribution in [2.24, 2.45) is 11.7 Å². The fourth-order valence-corrected chi connectivity index (χ4v) is 3.24. The zero-order chi connectivity index (χ0) is 11.8. The molecule has 3 nitrogen and oxygen atoms in total. The largest absolute Gasteiger partial charge is 0.355 e. The molecule has 17 heavy (non-hydrogen) atoms. The van der Waals surface area contributed by atoms with Gasteiger partial charge >= 0.3 is 0 Å². The topological polar surface area (TPSA) is 42.2 Å². The van der Waals surface area contributed by atoms with Crippen LogP contribution in [0, 0.1) is 5.92 Å². The molecule has 1 aliphatic rings. The number of fused-ring (bicyclic) bond motifs is 1. The number of aromatic nitrogens is 1. The van der Waals surface area contributed by atoms with Gasteiger partial charge in [0, 0.05) is 35.9 Å². The summed E-state index contributed by atoms with van der Waals surface area (Å²) < 4.78 is 1.30. The first kappa shape index (κ1) is 11.0. The number of pyridine rings is 1. The van der Waals surface area contributed by atoms with E-state index in [1.807, 2.05) is 6.20 Å². The molecule has 3 rings (SSSR count). The van der Waals surface area contributed by atoms with E-state index in [-0.39, 0.29) is 0 Å². The molecule has 2 aromatic rings.